The van der Waals surface area contributed by atoms with Crippen molar-refractivity contribution in [3.63, 3.8) is 0 Å². The molecule has 0 radical (unpaired) electrons. The van der Waals surface area contributed by atoms with Crippen molar-refractivity contribution in [1.29, 1.82) is 0 Å². The third-order valence-electron chi connectivity index (χ3n) is 9.01. The van der Waals surface area contributed by atoms with E-state index in [0.29, 0.717) is 23.3 Å². The minimum Gasteiger partial charge on any atom is -0.461 e. The molecule has 1 aromatic heterocycles. The molecule has 3 heterocycles. The highest BCUT2D eigenvalue weighted by atomic mass is 16.3. The number of fused-ring (bicyclic) bond motifs is 1. The second-order valence-electron chi connectivity index (χ2n) is 12.6. The minimum atomic E-state index is -1.03. The highest BCUT2D eigenvalue weighted by Gasteiger charge is 2.43. The molecule has 254 valence electrons. The van der Waals surface area contributed by atoms with Crippen molar-refractivity contribution in [1.82, 2.24) is 25.8 Å². The summed E-state index contributed by atoms with van der Waals surface area (Å²) in [4.78, 5) is 71.3. The Hall–Kier alpha value is -4.97. The van der Waals surface area contributed by atoms with Crippen molar-refractivity contribution in [3.05, 3.63) is 83.6 Å². The maximum absolute atomic E-state index is 14.0. The number of furan rings is 1. The number of nitrogens with zero attached hydrogens (tertiary/aromatic N) is 2. The first-order valence-corrected chi connectivity index (χ1v) is 16.4. The Morgan fingerprint density at radius 2 is 1.77 bits per heavy atom. The highest BCUT2D eigenvalue weighted by molar-refractivity contribution is 5.99. The van der Waals surface area contributed by atoms with Crippen LogP contribution in [0.5, 0.6) is 0 Å². The maximum Gasteiger partial charge on any atom is 0.254 e. The van der Waals surface area contributed by atoms with E-state index in [4.69, 9.17) is 4.42 Å². The van der Waals surface area contributed by atoms with E-state index in [1.165, 1.54) is 9.80 Å². The predicted molar refractivity (Wildman–Crippen MR) is 177 cm³/mol. The van der Waals surface area contributed by atoms with Crippen LogP contribution in [0, 0.1) is 12.8 Å². The van der Waals surface area contributed by atoms with E-state index in [1.54, 1.807) is 18.2 Å². The summed E-state index contributed by atoms with van der Waals surface area (Å²) in [6.45, 7) is 5.04. The van der Waals surface area contributed by atoms with Gasteiger partial charge in [0.2, 0.25) is 23.6 Å². The van der Waals surface area contributed by atoms with Crippen molar-refractivity contribution in [3.8, 4) is 11.3 Å². The van der Waals surface area contributed by atoms with Crippen LogP contribution in [0.3, 0.4) is 0 Å². The molecule has 5 atom stereocenters. The standard InChI is InChI=1S/C36H43N5O7/c1-4-22(2)32-36(47)41-20-27(42)19-29(41)34(45)38-28(17-24-9-6-5-7-10-24)33(44)37-15-16-40(21-31(43)39-32)35(46)26-12-8-11-25(18-26)30-14-13-23(3)48-30/h5-14,18,22,27-29,32,42H,4,15-17,19-21H2,1-3H3,(H,37,44)(H,38,45)(H,39,43)/t22-,27+,28-,29-,32-/m0/s1. The zero-order valence-corrected chi connectivity index (χ0v) is 27.5. The molecule has 2 fully saturated rings. The monoisotopic (exact) mass is 657 g/mol. The van der Waals surface area contributed by atoms with Gasteiger partial charge in [-0.3, -0.25) is 24.0 Å². The number of aliphatic hydroxyl groups excluding tert-OH is 1. The Kier molecular flexibility index (Phi) is 10.9. The van der Waals surface area contributed by atoms with Gasteiger partial charge in [-0.25, -0.2) is 0 Å². The van der Waals surface area contributed by atoms with Crippen LogP contribution in [0.1, 0.15) is 48.4 Å². The predicted octanol–water partition coefficient (Wildman–Crippen LogP) is 2.05. The fourth-order valence-electron chi connectivity index (χ4n) is 6.15. The van der Waals surface area contributed by atoms with Crippen LogP contribution >= 0.6 is 0 Å². The lowest BCUT2D eigenvalue weighted by Gasteiger charge is -2.32. The van der Waals surface area contributed by atoms with Gasteiger partial charge >= 0.3 is 0 Å². The van der Waals surface area contributed by atoms with E-state index in [-0.39, 0.29) is 44.9 Å². The summed E-state index contributed by atoms with van der Waals surface area (Å²) in [5.74, 6) is -1.57. The largest absolute Gasteiger partial charge is 0.461 e. The molecule has 0 unspecified atom stereocenters. The van der Waals surface area contributed by atoms with Gasteiger partial charge < -0.3 is 35.3 Å². The van der Waals surface area contributed by atoms with Crippen molar-refractivity contribution >= 4 is 29.5 Å². The van der Waals surface area contributed by atoms with Crippen LogP contribution < -0.4 is 16.0 Å². The van der Waals surface area contributed by atoms with Crippen LogP contribution in [-0.4, -0.2) is 94.9 Å². The van der Waals surface area contributed by atoms with E-state index in [0.717, 1.165) is 11.3 Å². The van der Waals surface area contributed by atoms with Gasteiger partial charge in [-0.05, 0) is 42.7 Å². The number of carbonyl (C=O) groups excluding carboxylic acids is 5. The number of carbonyl (C=O) groups is 5. The average Bonchev–Trinajstić information content (AvgIpc) is 3.71. The first-order valence-electron chi connectivity index (χ1n) is 16.4. The highest BCUT2D eigenvalue weighted by Crippen LogP contribution is 2.25. The van der Waals surface area contributed by atoms with Gasteiger partial charge in [0.05, 0.1) is 12.6 Å². The fourth-order valence-corrected chi connectivity index (χ4v) is 6.15. The summed E-state index contributed by atoms with van der Waals surface area (Å²) >= 11 is 0. The molecule has 3 aromatic rings. The average molecular weight is 658 g/mol. The molecule has 0 bridgehead atoms. The molecular weight excluding hydrogens is 614 g/mol. The van der Waals surface area contributed by atoms with Crippen molar-refractivity contribution in [2.75, 3.05) is 26.2 Å². The van der Waals surface area contributed by atoms with E-state index >= 15 is 0 Å². The smallest absolute Gasteiger partial charge is 0.254 e. The quantitative estimate of drug-likeness (QED) is 0.316. The lowest BCUT2D eigenvalue weighted by molar-refractivity contribution is -0.143. The molecule has 48 heavy (non-hydrogen) atoms. The molecule has 4 N–H and O–H groups in total. The zero-order chi connectivity index (χ0) is 34.4. The lowest BCUT2D eigenvalue weighted by atomic mass is 9.97. The minimum absolute atomic E-state index is 0.00191. The molecule has 0 saturated carbocycles. The number of benzene rings is 2. The van der Waals surface area contributed by atoms with Crippen molar-refractivity contribution < 1.29 is 33.5 Å². The summed E-state index contributed by atoms with van der Waals surface area (Å²) in [5.41, 5.74) is 1.82. The summed E-state index contributed by atoms with van der Waals surface area (Å²) in [7, 11) is 0. The van der Waals surface area contributed by atoms with Crippen LogP contribution in [0.2, 0.25) is 0 Å². The number of nitrogens with one attached hydrogen (secondary N) is 3. The van der Waals surface area contributed by atoms with Crippen LogP contribution in [-0.2, 0) is 25.6 Å². The summed E-state index contributed by atoms with van der Waals surface area (Å²) < 4.78 is 5.74. The zero-order valence-electron chi connectivity index (χ0n) is 27.5. The SMILES string of the molecule is CC[C@H](C)[C@@H]1NC(=O)CN(C(=O)c2cccc(-c3ccc(C)o3)c2)CCNC(=O)[C@H](Cc2ccccc2)NC(=O)[C@@H]2C[C@@H](O)CN2C1=O. The Bertz CT molecular complexity index is 1640. The van der Waals surface area contributed by atoms with Crippen LogP contribution in [0.25, 0.3) is 11.3 Å². The van der Waals surface area contributed by atoms with E-state index in [1.807, 2.05) is 69.3 Å². The third kappa shape index (κ3) is 8.11. The van der Waals surface area contributed by atoms with Gasteiger partial charge in [-0.2, -0.15) is 0 Å². The Labute approximate surface area is 279 Å². The molecule has 0 spiro atoms. The topological polar surface area (TPSA) is 161 Å². The normalized spacial score (nSPS) is 23.3. The van der Waals surface area contributed by atoms with Gasteiger partial charge in [0.15, 0.2) is 0 Å². The Morgan fingerprint density at radius 3 is 2.48 bits per heavy atom. The molecule has 2 aliphatic heterocycles. The van der Waals surface area contributed by atoms with Crippen molar-refractivity contribution in [2.24, 2.45) is 5.92 Å². The van der Waals surface area contributed by atoms with Gasteiger partial charge in [0, 0.05) is 43.6 Å². The molecule has 12 nitrogen and oxygen atoms in total. The summed E-state index contributed by atoms with van der Waals surface area (Å²) in [6, 6.07) is 16.7. The number of hydrogen-bond donors (Lipinski definition) is 4. The van der Waals surface area contributed by atoms with Crippen molar-refractivity contribution in [2.45, 2.75) is 64.3 Å². The number of aliphatic hydroxyl groups is 1. The van der Waals surface area contributed by atoms with E-state index in [2.05, 4.69) is 16.0 Å². The van der Waals surface area contributed by atoms with Crippen LogP contribution in [0.4, 0.5) is 0 Å². The molecule has 2 aromatic carbocycles. The molecule has 5 rings (SSSR count). The summed E-state index contributed by atoms with van der Waals surface area (Å²) in [5, 5.41) is 19.0. The maximum atomic E-state index is 14.0. The van der Waals surface area contributed by atoms with Gasteiger partial charge in [-0.1, -0.05) is 62.7 Å². The number of amides is 5. The Balaban J connectivity index is 1.46. The number of aryl methyl sites for hydroxylation is 1. The molecule has 5 amide bonds. The second kappa shape index (κ2) is 15.3. The first kappa shape index (κ1) is 34.4. The third-order valence-corrected chi connectivity index (χ3v) is 9.01. The van der Waals surface area contributed by atoms with Crippen LogP contribution in [0.15, 0.2) is 71.1 Å². The molecule has 0 aliphatic carbocycles. The second-order valence-corrected chi connectivity index (χ2v) is 12.6. The van der Waals surface area contributed by atoms with Gasteiger partial charge in [0.1, 0.15) is 29.6 Å². The molecule has 2 saturated heterocycles. The summed E-state index contributed by atoms with van der Waals surface area (Å²) in [6.07, 6.45) is -0.230. The van der Waals surface area contributed by atoms with Gasteiger partial charge in [-0.15, -0.1) is 0 Å². The lowest BCUT2D eigenvalue weighted by Crippen LogP contribution is -2.58. The first-order chi connectivity index (χ1) is 23.0. The van der Waals surface area contributed by atoms with Gasteiger partial charge in [0.25, 0.3) is 5.91 Å². The molecule has 12 heteroatoms. The Morgan fingerprint density at radius 1 is 1.00 bits per heavy atom. The molecular formula is C36H43N5O7. The van der Waals surface area contributed by atoms with E-state index in [9.17, 15) is 29.1 Å². The van der Waals surface area contributed by atoms with E-state index < -0.39 is 53.8 Å². The molecule has 2 aliphatic rings. The fraction of sp³-hybridized carbons (Fsp3) is 0.417. The number of rotatable bonds is 6. The number of hydrogen-bond acceptors (Lipinski definition) is 7.